The van der Waals surface area contributed by atoms with Gasteiger partial charge in [0.15, 0.2) is 0 Å². The van der Waals surface area contributed by atoms with Gasteiger partial charge in [0.25, 0.3) is 0 Å². The first kappa shape index (κ1) is 13.3. The van der Waals surface area contributed by atoms with Crippen LogP contribution in [-0.4, -0.2) is 18.8 Å². The number of phenols is 1. The number of para-hydroxylation sites is 1. The van der Waals surface area contributed by atoms with E-state index in [1.165, 1.54) is 0 Å². The van der Waals surface area contributed by atoms with Crippen molar-refractivity contribution in [1.29, 1.82) is 0 Å². The molecule has 0 aliphatic rings. The van der Waals surface area contributed by atoms with Crippen LogP contribution in [0, 0.1) is 0 Å². The van der Waals surface area contributed by atoms with Crippen LogP contribution in [0.15, 0.2) is 60.7 Å². The molecule has 90 valence electrons. The second-order valence-electron chi connectivity index (χ2n) is 3.64. The number of benzene rings is 1. The van der Waals surface area contributed by atoms with E-state index < -0.39 is 0 Å². The summed E-state index contributed by atoms with van der Waals surface area (Å²) in [5.41, 5.74) is 1.99. The standard InChI is InChI=1S/C15H18O2/c1-3-7-13(8-6-11-17-2)12-14-9-4-5-10-15(14)16/h3-10,16H,1,11-12H2,2H3/b8-6-,13-7+. The monoisotopic (exact) mass is 230 g/mol. The average molecular weight is 230 g/mol. The molecule has 0 saturated heterocycles. The Morgan fingerprint density at radius 1 is 1.41 bits per heavy atom. The maximum absolute atomic E-state index is 9.70. The third kappa shape index (κ3) is 4.70. The van der Waals surface area contributed by atoms with Gasteiger partial charge < -0.3 is 9.84 Å². The van der Waals surface area contributed by atoms with Gasteiger partial charge in [-0.2, -0.15) is 0 Å². The van der Waals surface area contributed by atoms with Gasteiger partial charge in [-0.15, -0.1) is 0 Å². The number of hydrogen-bond acceptors (Lipinski definition) is 2. The van der Waals surface area contributed by atoms with Gasteiger partial charge in [-0.1, -0.05) is 49.1 Å². The third-order valence-electron chi connectivity index (χ3n) is 2.31. The molecule has 0 aromatic heterocycles. The predicted molar refractivity (Wildman–Crippen MR) is 71.1 cm³/mol. The minimum absolute atomic E-state index is 0.322. The van der Waals surface area contributed by atoms with Crippen LogP contribution < -0.4 is 0 Å². The van der Waals surface area contributed by atoms with Gasteiger partial charge in [0.2, 0.25) is 0 Å². The van der Waals surface area contributed by atoms with Crippen molar-refractivity contribution in [3.8, 4) is 5.75 Å². The SMILES string of the molecule is C=C/C=C(\C=C/COC)Cc1ccccc1O. The Morgan fingerprint density at radius 3 is 2.82 bits per heavy atom. The molecule has 1 rings (SSSR count). The molecule has 0 unspecified atom stereocenters. The topological polar surface area (TPSA) is 29.5 Å². The zero-order chi connectivity index (χ0) is 12.5. The van der Waals surface area contributed by atoms with Gasteiger partial charge in [0, 0.05) is 13.5 Å². The van der Waals surface area contributed by atoms with E-state index in [2.05, 4.69) is 6.58 Å². The fraction of sp³-hybridized carbons (Fsp3) is 0.200. The Balaban J connectivity index is 2.77. The van der Waals surface area contributed by atoms with Gasteiger partial charge in [0.1, 0.15) is 5.75 Å². The lowest BCUT2D eigenvalue weighted by Crippen LogP contribution is -1.90. The summed E-state index contributed by atoms with van der Waals surface area (Å²) in [5.74, 6) is 0.322. The smallest absolute Gasteiger partial charge is 0.119 e. The van der Waals surface area contributed by atoms with Crippen molar-refractivity contribution in [3.63, 3.8) is 0 Å². The zero-order valence-electron chi connectivity index (χ0n) is 10.1. The van der Waals surface area contributed by atoms with E-state index in [1.54, 1.807) is 19.3 Å². The summed E-state index contributed by atoms with van der Waals surface area (Å²) in [6.07, 6.45) is 8.27. The number of ether oxygens (including phenoxy) is 1. The van der Waals surface area contributed by atoms with Crippen LogP contribution in [0.25, 0.3) is 0 Å². The fourth-order valence-corrected chi connectivity index (χ4v) is 1.50. The van der Waals surface area contributed by atoms with E-state index in [9.17, 15) is 5.11 Å². The molecule has 0 saturated carbocycles. The van der Waals surface area contributed by atoms with Gasteiger partial charge in [-0.25, -0.2) is 0 Å². The van der Waals surface area contributed by atoms with Crippen LogP contribution in [0.5, 0.6) is 5.75 Å². The van der Waals surface area contributed by atoms with Crippen molar-refractivity contribution in [3.05, 3.63) is 66.3 Å². The van der Waals surface area contributed by atoms with Crippen molar-refractivity contribution in [1.82, 2.24) is 0 Å². The van der Waals surface area contributed by atoms with Gasteiger partial charge in [0.05, 0.1) is 6.61 Å². The minimum Gasteiger partial charge on any atom is -0.508 e. The molecule has 2 nitrogen and oxygen atoms in total. The highest BCUT2D eigenvalue weighted by molar-refractivity contribution is 5.38. The molecule has 0 bridgehead atoms. The van der Waals surface area contributed by atoms with Crippen molar-refractivity contribution in [2.75, 3.05) is 13.7 Å². The van der Waals surface area contributed by atoms with Crippen LogP contribution in [0.2, 0.25) is 0 Å². The zero-order valence-corrected chi connectivity index (χ0v) is 10.1. The van der Waals surface area contributed by atoms with Crippen LogP contribution in [0.4, 0.5) is 0 Å². The molecule has 0 aliphatic heterocycles. The average Bonchev–Trinajstić information content (AvgIpc) is 2.32. The number of aromatic hydroxyl groups is 1. The molecule has 0 atom stereocenters. The number of methoxy groups -OCH3 is 1. The minimum atomic E-state index is 0.322. The van der Waals surface area contributed by atoms with Gasteiger partial charge in [-0.3, -0.25) is 0 Å². The van der Waals surface area contributed by atoms with Crippen LogP contribution in [0.1, 0.15) is 5.56 Å². The maximum Gasteiger partial charge on any atom is 0.119 e. The molecule has 0 amide bonds. The van der Waals surface area contributed by atoms with E-state index >= 15 is 0 Å². The van der Waals surface area contributed by atoms with Gasteiger partial charge in [-0.05, 0) is 17.2 Å². The Labute approximate surface area is 103 Å². The highest BCUT2D eigenvalue weighted by Gasteiger charge is 2.00. The Morgan fingerprint density at radius 2 is 2.18 bits per heavy atom. The third-order valence-corrected chi connectivity index (χ3v) is 2.31. The molecule has 1 aromatic rings. The summed E-state index contributed by atoms with van der Waals surface area (Å²) >= 11 is 0. The quantitative estimate of drug-likeness (QED) is 0.760. The van der Waals surface area contributed by atoms with Crippen molar-refractivity contribution in [2.45, 2.75) is 6.42 Å². The number of rotatable bonds is 6. The van der Waals surface area contributed by atoms with E-state index in [-0.39, 0.29) is 0 Å². The van der Waals surface area contributed by atoms with Gasteiger partial charge >= 0.3 is 0 Å². The molecular formula is C15H18O2. The highest BCUT2D eigenvalue weighted by Crippen LogP contribution is 2.19. The Kier molecular flexibility index (Phi) is 5.83. The lowest BCUT2D eigenvalue weighted by atomic mass is 10.0. The lowest BCUT2D eigenvalue weighted by molar-refractivity contribution is 0.234. The van der Waals surface area contributed by atoms with Crippen molar-refractivity contribution >= 4 is 0 Å². The molecule has 1 aromatic carbocycles. The summed E-state index contributed by atoms with van der Waals surface area (Å²) in [6, 6.07) is 7.34. The highest BCUT2D eigenvalue weighted by atomic mass is 16.5. The molecule has 17 heavy (non-hydrogen) atoms. The maximum atomic E-state index is 9.70. The van der Waals surface area contributed by atoms with E-state index in [1.807, 2.05) is 36.4 Å². The van der Waals surface area contributed by atoms with Crippen LogP contribution in [-0.2, 0) is 11.2 Å². The molecule has 2 heteroatoms. The fourth-order valence-electron chi connectivity index (χ4n) is 1.50. The summed E-state index contributed by atoms with van der Waals surface area (Å²) < 4.78 is 4.96. The molecule has 0 heterocycles. The molecule has 0 radical (unpaired) electrons. The molecule has 0 fully saturated rings. The normalized spacial score (nSPS) is 11.9. The van der Waals surface area contributed by atoms with E-state index in [0.717, 1.165) is 11.1 Å². The largest absolute Gasteiger partial charge is 0.508 e. The van der Waals surface area contributed by atoms with Crippen molar-refractivity contribution < 1.29 is 9.84 Å². The second-order valence-corrected chi connectivity index (χ2v) is 3.64. The number of hydrogen-bond donors (Lipinski definition) is 1. The Bertz CT molecular complexity index is 417. The van der Waals surface area contributed by atoms with Crippen molar-refractivity contribution in [2.24, 2.45) is 0 Å². The first-order valence-corrected chi connectivity index (χ1v) is 5.52. The molecular weight excluding hydrogens is 212 g/mol. The first-order chi connectivity index (χ1) is 8.27. The Hall–Kier alpha value is -1.80. The first-order valence-electron chi connectivity index (χ1n) is 5.52. The summed E-state index contributed by atoms with van der Waals surface area (Å²) in [7, 11) is 1.66. The molecule has 0 spiro atoms. The number of phenolic OH excluding ortho intramolecular Hbond substituents is 1. The summed E-state index contributed by atoms with van der Waals surface area (Å²) in [4.78, 5) is 0. The predicted octanol–water partition coefficient (Wildman–Crippen LogP) is 3.25. The van der Waals surface area contributed by atoms with E-state index in [4.69, 9.17) is 4.74 Å². The van der Waals surface area contributed by atoms with E-state index in [0.29, 0.717) is 18.8 Å². The second kappa shape index (κ2) is 7.47. The summed E-state index contributed by atoms with van der Waals surface area (Å²) in [5, 5.41) is 9.70. The summed E-state index contributed by atoms with van der Waals surface area (Å²) in [6.45, 7) is 4.27. The molecule has 0 aliphatic carbocycles. The van der Waals surface area contributed by atoms with Crippen LogP contribution in [0.3, 0.4) is 0 Å². The lowest BCUT2D eigenvalue weighted by Gasteiger charge is -2.04. The van der Waals surface area contributed by atoms with Crippen LogP contribution >= 0.6 is 0 Å². The molecule has 1 N–H and O–H groups in total. The number of allylic oxidation sites excluding steroid dienone is 4.